The van der Waals surface area contributed by atoms with Gasteiger partial charge in [-0.3, -0.25) is 9.52 Å². The molecular formula is C21H16ClF4N5O3S2. The van der Waals surface area contributed by atoms with Gasteiger partial charge in [0.1, 0.15) is 11.9 Å². The minimum atomic E-state index is -4.73. The molecule has 2 aromatic carbocycles. The molecule has 0 saturated carbocycles. The Bertz CT molecular complexity index is 1450. The van der Waals surface area contributed by atoms with Crippen LogP contribution in [-0.2, 0) is 27.4 Å². The molecule has 3 aromatic rings. The summed E-state index contributed by atoms with van der Waals surface area (Å²) in [5.41, 5.74) is 1.86. The van der Waals surface area contributed by atoms with Gasteiger partial charge in [0, 0.05) is 24.5 Å². The summed E-state index contributed by atoms with van der Waals surface area (Å²) in [6.45, 7) is 0.910. The molecule has 1 amide bonds. The number of carbonyl (C=O) groups is 1. The zero-order valence-electron chi connectivity index (χ0n) is 18.1. The van der Waals surface area contributed by atoms with Crippen LogP contribution in [-0.4, -0.2) is 43.7 Å². The quantitative estimate of drug-likeness (QED) is 0.466. The molecule has 15 heteroatoms. The van der Waals surface area contributed by atoms with E-state index in [-0.39, 0.29) is 27.2 Å². The van der Waals surface area contributed by atoms with Crippen molar-refractivity contribution in [3.63, 3.8) is 0 Å². The first-order valence-corrected chi connectivity index (χ1v) is 13.2. The van der Waals surface area contributed by atoms with Crippen LogP contribution in [0.1, 0.15) is 17.0 Å². The van der Waals surface area contributed by atoms with E-state index in [0.717, 1.165) is 5.69 Å². The molecular weight excluding hydrogens is 546 g/mol. The van der Waals surface area contributed by atoms with E-state index in [1.807, 2.05) is 9.62 Å². The highest BCUT2D eigenvalue weighted by molar-refractivity contribution is 7.93. The van der Waals surface area contributed by atoms with Crippen LogP contribution in [0.15, 0.2) is 41.3 Å². The number of hydrogen-bond donors (Lipinski definition) is 1. The number of hydrogen-bond acceptors (Lipinski definition) is 7. The summed E-state index contributed by atoms with van der Waals surface area (Å²) < 4.78 is 79.0. The van der Waals surface area contributed by atoms with Crippen molar-refractivity contribution in [1.82, 2.24) is 10.2 Å². The van der Waals surface area contributed by atoms with E-state index in [0.29, 0.717) is 37.2 Å². The number of carbonyl (C=O) groups excluding carboxylic acids is 1. The zero-order valence-corrected chi connectivity index (χ0v) is 20.5. The van der Waals surface area contributed by atoms with Crippen molar-refractivity contribution < 1.29 is 30.8 Å². The zero-order chi connectivity index (χ0) is 25.8. The van der Waals surface area contributed by atoms with Crippen LogP contribution in [0, 0.1) is 5.82 Å². The second-order valence-corrected chi connectivity index (χ2v) is 11.1. The summed E-state index contributed by atoms with van der Waals surface area (Å²) in [6.07, 6.45) is -3.70. The van der Waals surface area contributed by atoms with Crippen LogP contribution in [0.3, 0.4) is 0 Å². The smallest absolute Gasteiger partial charge is 0.359 e. The number of fused-ring (bicyclic) bond motifs is 1. The Morgan fingerprint density at radius 3 is 2.47 bits per heavy atom. The van der Waals surface area contributed by atoms with Crippen molar-refractivity contribution in [2.75, 3.05) is 27.6 Å². The molecule has 3 heterocycles. The predicted molar refractivity (Wildman–Crippen MR) is 125 cm³/mol. The number of rotatable bonds is 5. The molecule has 1 fully saturated rings. The minimum Gasteiger partial charge on any atom is -0.359 e. The normalized spacial score (nSPS) is 18.1. The molecule has 36 heavy (non-hydrogen) atoms. The lowest BCUT2D eigenvalue weighted by atomic mass is 10.1. The largest absolute Gasteiger partial charge is 0.445 e. The summed E-state index contributed by atoms with van der Waals surface area (Å²) in [6, 6.07) is 7.80. The van der Waals surface area contributed by atoms with Crippen LogP contribution >= 0.6 is 22.9 Å². The van der Waals surface area contributed by atoms with E-state index < -0.39 is 38.2 Å². The van der Waals surface area contributed by atoms with Crippen molar-refractivity contribution in [1.29, 1.82) is 0 Å². The van der Waals surface area contributed by atoms with E-state index in [4.69, 9.17) is 11.6 Å². The van der Waals surface area contributed by atoms with Crippen molar-refractivity contribution in [2.24, 2.45) is 0 Å². The van der Waals surface area contributed by atoms with Gasteiger partial charge in [0.05, 0.1) is 9.92 Å². The van der Waals surface area contributed by atoms with Gasteiger partial charge in [-0.15, -0.1) is 10.2 Å². The van der Waals surface area contributed by atoms with Crippen molar-refractivity contribution in [3.8, 4) is 0 Å². The Labute approximate surface area is 211 Å². The fourth-order valence-electron chi connectivity index (χ4n) is 4.33. The lowest BCUT2D eigenvalue weighted by molar-refractivity contribution is -0.138. The Balaban J connectivity index is 1.30. The molecule has 0 bridgehead atoms. The molecule has 0 radical (unpaired) electrons. The third kappa shape index (κ3) is 4.37. The van der Waals surface area contributed by atoms with Crippen LogP contribution in [0.25, 0.3) is 0 Å². The topological polar surface area (TPSA) is 95.5 Å². The van der Waals surface area contributed by atoms with Gasteiger partial charge >= 0.3 is 6.18 Å². The standard InChI is InChI=1S/C21H16ClF4N5O3S2/c22-17-13-7-9-31(15(13)6-5-14(17)23)16-8-10-30(18(16)32)11-1-3-12(4-2-11)36(33,34)29-20-28-27-19(35-20)21(24,25)26/h1-6,16H,7-10H2,(H,28,29)/t16-/m0/s1. The minimum absolute atomic E-state index is 0.0610. The molecule has 0 spiro atoms. The number of amides is 1. The maximum atomic E-state index is 13.8. The SMILES string of the molecule is O=C1[C@@H](N2CCc3c2ccc(F)c3Cl)CCN1c1ccc(S(=O)(=O)Nc2nnc(C(F)(F)F)s2)cc1. The fraction of sp³-hybridized carbons (Fsp3) is 0.286. The van der Waals surface area contributed by atoms with Crippen LogP contribution in [0.2, 0.25) is 5.02 Å². The molecule has 8 nitrogen and oxygen atoms in total. The number of nitrogens with zero attached hydrogens (tertiary/aromatic N) is 4. The third-order valence-corrected chi connectivity index (χ3v) is 8.76. The Morgan fingerprint density at radius 1 is 1.08 bits per heavy atom. The number of aromatic nitrogens is 2. The van der Waals surface area contributed by atoms with Crippen molar-refractivity contribution in [2.45, 2.75) is 30.0 Å². The van der Waals surface area contributed by atoms with Gasteiger partial charge in [0.25, 0.3) is 10.0 Å². The second-order valence-electron chi connectivity index (χ2n) is 8.11. The molecule has 1 saturated heterocycles. The number of halogens is 5. The number of alkyl halides is 3. The molecule has 5 rings (SSSR count). The summed E-state index contributed by atoms with van der Waals surface area (Å²) in [4.78, 5) is 16.4. The van der Waals surface area contributed by atoms with Crippen molar-refractivity contribution in [3.05, 3.63) is 57.8 Å². The average Bonchev–Trinajstić information content (AvgIpc) is 3.54. The molecule has 1 aromatic heterocycles. The highest BCUT2D eigenvalue weighted by atomic mass is 35.5. The van der Waals surface area contributed by atoms with Crippen LogP contribution in [0.4, 0.5) is 34.1 Å². The number of nitrogens with one attached hydrogen (secondary N) is 1. The Kier molecular flexibility index (Phi) is 6.08. The van der Waals surface area contributed by atoms with Gasteiger partial charge in [0.15, 0.2) is 0 Å². The average molecular weight is 562 g/mol. The maximum Gasteiger partial charge on any atom is 0.445 e. The number of benzene rings is 2. The van der Waals surface area contributed by atoms with Crippen LogP contribution in [0.5, 0.6) is 0 Å². The number of sulfonamides is 1. The van der Waals surface area contributed by atoms with E-state index in [2.05, 4.69) is 10.2 Å². The summed E-state index contributed by atoms with van der Waals surface area (Å²) in [7, 11) is -4.23. The molecule has 2 aliphatic rings. The van der Waals surface area contributed by atoms with Gasteiger partial charge in [-0.2, -0.15) is 13.2 Å². The lowest BCUT2D eigenvalue weighted by Gasteiger charge is -2.26. The van der Waals surface area contributed by atoms with Gasteiger partial charge in [-0.25, -0.2) is 12.8 Å². The highest BCUT2D eigenvalue weighted by Crippen LogP contribution is 2.39. The first-order chi connectivity index (χ1) is 17.0. The fourth-order valence-corrected chi connectivity index (χ4v) is 6.43. The summed E-state index contributed by atoms with van der Waals surface area (Å²) in [5, 5.41) is 4.44. The predicted octanol–water partition coefficient (Wildman–Crippen LogP) is 4.32. The van der Waals surface area contributed by atoms with Crippen LogP contribution < -0.4 is 14.5 Å². The first kappa shape index (κ1) is 24.7. The van der Waals surface area contributed by atoms with Gasteiger partial charge in [-0.05, 0) is 54.8 Å². The molecule has 0 aliphatic carbocycles. The highest BCUT2D eigenvalue weighted by Gasteiger charge is 2.40. The molecule has 1 N–H and O–H groups in total. The maximum absolute atomic E-state index is 13.8. The Morgan fingerprint density at radius 2 is 1.81 bits per heavy atom. The molecule has 1 atom stereocenters. The third-order valence-electron chi connectivity index (χ3n) is 5.98. The van der Waals surface area contributed by atoms with Gasteiger partial charge < -0.3 is 9.80 Å². The first-order valence-electron chi connectivity index (χ1n) is 10.5. The second kappa shape index (κ2) is 8.85. The van der Waals surface area contributed by atoms with E-state index >= 15 is 0 Å². The van der Waals surface area contributed by atoms with Crippen molar-refractivity contribution >= 4 is 55.4 Å². The number of anilines is 3. The summed E-state index contributed by atoms with van der Waals surface area (Å²) >= 11 is 6.16. The van der Waals surface area contributed by atoms with Gasteiger partial charge in [0.2, 0.25) is 16.0 Å². The molecule has 2 aliphatic heterocycles. The summed E-state index contributed by atoms with van der Waals surface area (Å²) in [5.74, 6) is -0.696. The van der Waals surface area contributed by atoms with E-state index in [1.165, 1.54) is 35.2 Å². The van der Waals surface area contributed by atoms with E-state index in [9.17, 15) is 30.8 Å². The van der Waals surface area contributed by atoms with E-state index in [1.54, 1.807) is 6.07 Å². The van der Waals surface area contributed by atoms with Gasteiger partial charge in [-0.1, -0.05) is 22.9 Å². The monoisotopic (exact) mass is 561 g/mol. The lowest BCUT2D eigenvalue weighted by Crippen LogP contribution is -2.41. The Hall–Kier alpha value is -2.97. The molecule has 0 unspecified atom stereocenters. The molecule has 190 valence electrons.